The number of esters is 1. The summed E-state index contributed by atoms with van der Waals surface area (Å²) in [6.07, 6.45) is 1.99. The smallest absolute Gasteiger partial charge is 0.387 e. The number of methoxy groups -OCH3 is 1. The number of nitrogens with zero attached hydrogens (tertiary/aromatic N) is 1. The minimum atomic E-state index is -3.00. The fourth-order valence-electron chi connectivity index (χ4n) is 3.31. The molecular formula is C19H22F2N2O4S. The number of alkyl halides is 2. The summed E-state index contributed by atoms with van der Waals surface area (Å²) in [5, 5.41) is 3.65. The van der Waals surface area contributed by atoms with Gasteiger partial charge in [-0.15, -0.1) is 0 Å². The van der Waals surface area contributed by atoms with E-state index < -0.39 is 18.6 Å². The SMILES string of the molecule is CCOC(=O)C1=C(C)N(C2CC2)C(=S)N[C@@H]1c1ccc(OC)c(OC(F)F)c1. The molecule has 1 heterocycles. The van der Waals surface area contributed by atoms with Crippen LogP contribution in [-0.4, -0.2) is 42.4 Å². The lowest BCUT2D eigenvalue weighted by atomic mass is 9.94. The van der Waals surface area contributed by atoms with Crippen molar-refractivity contribution in [2.45, 2.75) is 45.4 Å². The van der Waals surface area contributed by atoms with Gasteiger partial charge in [-0.2, -0.15) is 8.78 Å². The molecule has 9 heteroatoms. The van der Waals surface area contributed by atoms with Crippen LogP contribution in [0.15, 0.2) is 29.5 Å². The first-order valence-corrected chi connectivity index (χ1v) is 9.38. The van der Waals surface area contributed by atoms with Crippen LogP contribution in [0.25, 0.3) is 0 Å². The van der Waals surface area contributed by atoms with Crippen LogP contribution < -0.4 is 14.8 Å². The van der Waals surface area contributed by atoms with Crippen molar-refractivity contribution in [1.29, 1.82) is 0 Å². The van der Waals surface area contributed by atoms with Crippen molar-refractivity contribution in [3.8, 4) is 11.5 Å². The van der Waals surface area contributed by atoms with E-state index in [4.69, 9.17) is 21.7 Å². The van der Waals surface area contributed by atoms with Gasteiger partial charge in [0.1, 0.15) is 0 Å². The fourth-order valence-corrected chi connectivity index (χ4v) is 3.72. The topological polar surface area (TPSA) is 60.0 Å². The second-order valence-corrected chi connectivity index (χ2v) is 6.88. The Morgan fingerprint density at radius 1 is 1.36 bits per heavy atom. The van der Waals surface area contributed by atoms with Gasteiger partial charge in [0.2, 0.25) is 0 Å². The number of carbonyl (C=O) groups excluding carboxylic acids is 1. The highest BCUT2D eigenvalue weighted by molar-refractivity contribution is 7.80. The minimum Gasteiger partial charge on any atom is -0.493 e. The Kier molecular flexibility index (Phi) is 6.02. The highest BCUT2D eigenvalue weighted by Crippen LogP contribution is 2.40. The van der Waals surface area contributed by atoms with Gasteiger partial charge in [0.25, 0.3) is 0 Å². The van der Waals surface area contributed by atoms with E-state index in [0.29, 0.717) is 21.9 Å². The number of benzene rings is 1. The molecule has 1 fully saturated rings. The van der Waals surface area contributed by atoms with E-state index in [1.165, 1.54) is 19.2 Å². The first-order valence-electron chi connectivity index (χ1n) is 8.97. The van der Waals surface area contributed by atoms with Gasteiger partial charge in [0.15, 0.2) is 16.6 Å². The van der Waals surface area contributed by atoms with E-state index in [0.717, 1.165) is 12.8 Å². The van der Waals surface area contributed by atoms with Crippen molar-refractivity contribution >= 4 is 23.3 Å². The molecule has 0 amide bonds. The number of allylic oxidation sites excluding steroid dienone is 1. The Balaban J connectivity index is 2.05. The van der Waals surface area contributed by atoms with E-state index in [1.54, 1.807) is 13.0 Å². The third-order valence-electron chi connectivity index (χ3n) is 4.67. The molecule has 0 saturated heterocycles. The third-order valence-corrected chi connectivity index (χ3v) is 4.99. The molecule has 0 aromatic heterocycles. The second kappa shape index (κ2) is 8.30. The van der Waals surface area contributed by atoms with Gasteiger partial charge in [0, 0.05) is 11.7 Å². The van der Waals surface area contributed by atoms with Crippen molar-refractivity contribution in [3.63, 3.8) is 0 Å². The molecule has 3 rings (SSSR count). The van der Waals surface area contributed by atoms with Crippen molar-refractivity contribution in [2.75, 3.05) is 13.7 Å². The average molecular weight is 412 g/mol. The van der Waals surface area contributed by atoms with E-state index in [2.05, 4.69) is 10.1 Å². The predicted octanol–water partition coefficient (Wildman–Crippen LogP) is 3.53. The summed E-state index contributed by atoms with van der Waals surface area (Å²) in [6, 6.07) is 4.23. The lowest BCUT2D eigenvalue weighted by molar-refractivity contribution is -0.139. The van der Waals surface area contributed by atoms with Crippen molar-refractivity contribution in [2.24, 2.45) is 0 Å². The number of halogens is 2. The van der Waals surface area contributed by atoms with Crippen LogP contribution in [0, 0.1) is 0 Å². The molecule has 1 saturated carbocycles. The maximum atomic E-state index is 12.8. The molecule has 1 aliphatic carbocycles. The van der Waals surface area contributed by atoms with Gasteiger partial charge in [-0.3, -0.25) is 0 Å². The number of thiocarbonyl (C=S) groups is 1. The molecule has 1 N–H and O–H groups in total. The Bertz CT molecular complexity index is 811. The van der Waals surface area contributed by atoms with Crippen molar-refractivity contribution in [3.05, 3.63) is 35.0 Å². The highest BCUT2D eigenvalue weighted by atomic mass is 32.1. The molecule has 1 atom stereocenters. The molecule has 0 radical (unpaired) electrons. The Hall–Kier alpha value is -2.42. The first-order chi connectivity index (χ1) is 13.4. The van der Waals surface area contributed by atoms with Crippen LogP contribution >= 0.6 is 12.2 Å². The Morgan fingerprint density at radius 2 is 2.07 bits per heavy atom. The third kappa shape index (κ3) is 4.04. The number of rotatable bonds is 7. The van der Waals surface area contributed by atoms with Crippen LogP contribution in [0.2, 0.25) is 0 Å². The summed E-state index contributed by atoms with van der Waals surface area (Å²) in [5.41, 5.74) is 1.65. The van der Waals surface area contributed by atoms with Crippen molar-refractivity contribution in [1.82, 2.24) is 10.2 Å². The lowest BCUT2D eigenvalue weighted by Crippen LogP contribution is -2.48. The molecule has 0 bridgehead atoms. The summed E-state index contributed by atoms with van der Waals surface area (Å²) >= 11 is 5.51. The highest BCUT2D eigenvalue weighted by Gasteiger charge is 2.41. The van der Waals surface area contributed by atoms with Crippen LogP contribution in [0.4, 0.5) is 8.78 Å². The molecule has 1 aromatic carbocycles. The zero-order chi connectivity index (χ0) is 20.4. The standard InChI is InChI=1S/C19H22F2N2O4S/c1-4-26-17(24)15-10(2)23(12-6-7-12)19(28)22-16(15)11-5-8-13(25-3)14(9-11)27-18(20)21/h5,8-9,12,16,18H,4,6-7H2,1-3H3,(H,22,28)/t16-/m1/s1. The largest absolute Gasteiger partial charge is 0.493 e. The van der Waals surface area contributed by atoms with E-state index in [9.17, 15) is 13.6 Å². The number of hydrogen-bond acceptors (Lipinski definition) is 5. The number of hydrogen-bond donors (Lipinski definition) is 1. The van der Waals surface area contributed by atoms with Gasteiger partial charge in [-0.25, -0.2) is 4.79 Å². The summed E-state index contributed by atoms with van der Waals surface area (Å²) in [4.78, 5) is 14.6. The number of carbonyl (C=O) groups is 1. The molecule has 1 aromatic rings. The zero-order valence-corrected chi connectivity index (χ0v) is 16.6. The maximum absolute atomic E-state index is 12.8. The maximum Gasteiger partial charge on any atom is 0.387 e. The summed E-state index contributed by atoms with van der Waals surface area (Å²) in [7, 11) is 1.36. The summed E-state index contributed by atoms with van der Waals surface area (Å²) in [6.45, 7) is 0.768. The number of ether oxygens (including phenoxy) is 3. The molecule has 28 heavy (non-hydrogen) atoms. The Morgan fingerprint density at radius 3 is 2.64 bits per heavy atom. The van der Waals surface area contributed by atoms with Gasteiger partial charge >= 0.3 is 12.6 Å². The summed E-state index contributed by atoms with van der Waals surface area (Å²) in [5.74, 6) is -0.425. The molecule has 0 spiro atoms. The normalized spacial score (nSPS) is 19.6. The predicted molar refractivity (Wildman–Crippen MR) is 102 cm³/mol. The van der Waals surface area contributed by atoms with Gasteiger partial charge < -0.3 is 24.4 Å². The van der Waals surface area contributed by atoms with E-state index >= 15 is 0 Å². The Labute approximate surface area is 167 Å². The summed E-state index contributed by atoms with van der Waals surface area (Å²) < 4.78 is 40.5. The second-order valence-electron chi connectivity index (χ2n) is 6.49. The monoisotopic (exact) mass is 412 g/mol. The van der Waals surface area contributed by atoms with Crippen LogP contribution in [0.1, 0.15) is 38.3 Å². The van der Waals surface area contributed by atoms with Gasteiger partial charge in [0.05, 0.1) is 25.3 Å². The molecule has 1 aliphatic heterocycles. The lowest BCUT2D eigenvalue weighted by Gasteiger charge is -2.37. The van der Waals surface area contributed by atoms with Gasteiger partial charge in [-0.05, 0) is 56.6 Å². The number of nitrogens with one attached hydrogen (secondary N) is 1. The first kappa shape index (κ1) is 20.3. The molecule has 152 valence electrons. The zero-order valence-electron chi connectivity index (χ0n) is 15.8. The van der Waals surface area contributed by atoms with Crippen LogP contribution in [0.5, 0.6) is 11.5 Å². The van der Waals surface area contributed by atoms with Crippen molar-refractivity contribution < 1.29 is 27.8 Å². The minimum absolute atomic E-state index is 0.117. The molecule has 6 nitrogen and oxygen atoms in total. The quantitative estimate of drug-likeness (QED) is 0.543. The molecule has 2 aliphatic rings. The average Bonchev–Trinajstić information content (AvgIpc) is 3.45. The van der Waals surface area contributed by atoms with E-state index in [-0.39, 0.29) is 24.1 Å². The fraction of sp³-hybridized carbons (Fsp3) is 0.474. The molecule has 0 unspecified atom stereocenters. The van der Waals surface area contributed by atoms with Gasteiger partial charge in [-0.1, -0.05) is 6.07 Å². The van der Waals surface area contributed by atoms with E-state index in [1.807, 2.05) is 11.8 Å². The van der Waals surface area contributed by atoms with Crippen LogP contribution in [-0.2, 0) is 9.53 Å². The van der Waals surface area contributed by atoms with Crippen LogP contribution in [0.3, 0.4) is 0 Å². The molecular weight excluding hydrogens is 390 g/mol.